The summed E-state index contributed by atoms with van der Waals surface area (Å²) in [6.45, 7) is 6.07. The lowest BCUT2D eigenvalue weighted by Gasteiger charge is -2.10. The zero-order valence-electron chi connectivity index (χ0n) is 12.5. The van der Waals surface area contributed by atoms with Gasteiger partial charge < -0.3 is 10.1 Å². The van der Waals surface area contributed by atoms with Gasteiger partial charge in [0.05, 0.1) is 12.3 Å². The maximum Gasteiger partial charge on any atom is 0.268 e. The second-order valence-electron chi connectivity index (χ2n) is 4.73. The summed E-state index contributed by atoms with van der Waals surface area (Å²) in [5.41, 5.74) is 2.12. The zero-order chi connectivity index (χ0) is 15.1. The Kier molecular flexibility index (Phi) is 5.51. The molecule has 0 aliphatic carbocycles. The van der Waals surface area contributed by atoms with Crippen molar-refractivity contribution >= 4 is 0 Å². The molecular weight excluding hydrogens is 266 g/mol. The largest absolute Gasteiger partial charge is 0.493 e. The van der Waals surface area contributed by atoms with E-state index in [-0.39, 0.29) is 5.56 Å². The number of nitrogens with one attached hydrogen (secondary N) is 2. The van der Waals surface area contributed by atoms with Crippen LogP contribution in [0, 0.1) is 0 Å². The Bertz CT molecular complexity index is 637. The van der Waals surface area contributed by atoms with Gasteiger partial charge >= 0.3 is 0 Å². The van der Waals surface area contributed by atoms with Crippen molar-refractivity contribution in [2.24, 2.45) is 0 Å². The molecule has 0 aliphatic heterocycles. The van der Waals surface area contributed by atoms with Crippen LogP contribution in [0.3, 0.4) is 0 Å². The Morgan fingerprint density at radius 3 is 2.86 bits per heavy atom. The average molecular weight is 287 g/mol. The molecule has 5 nitrogen and oxygen atoms in total. The van der Waals surface area contributed by atoms with E-state index in [1.807, 2.05) is 37.3 Å². The highest BCUT2D eigenvalue weighted by molar-refractivity contribution is 5.67. The van der Waals surface area contributed by atoms with Crippen LogP contribution in [0.5, 0.6) is 5.75 Å². The Hall–Kier alpha value is -2.14. The number of ether oxygens (including phenoxy) is 1. The van der Waals surface area contributed by atoms with Crippen molar-refractivity contribution in [1.82, 2.24) is 15.5 Å². The number of benzene rings is 1. The van der Waals surface area contributed by atoms with E-state index >= 15 is 0 Å². The number of rotatable bonds is 7. The van der Waals surface area contributed by atoms with E-state index in [4.69, 9.17) is 4.74 Å². The predicted octanol–water partition coefficient (Wildman–Crippen LogP) is 2.34. The van der Waals surface area contributed by atoms with Gasteiger partial charge in [-0.05, 0) is 31.2 Å². The normalized spacial score (nSPS) is 10.6. The molecule has 1 aromatic heterocycles. The maximum absolute atomic E-state index is 11.8. The van der Waals surface area contributed by atoms with Crippen LogP contribution in [0.1, 0.15) is 25.8 Å². The summed E-state index contributed by atoms with van der Waals surface area (Å²) in [6, 6.07) is 9.55. The first-order valence-corrected chi connectivity index (χ1v) is 7.27. The number of aromatic nitrogens is 2. The van der Waals surface area contributed by atoms with Crippen LogP contribution >= 0.6 is 0 Å². The van der Waals surface area contributed by atoms with Gasteiger partial charge in [-0.1, -0.05) is 26.0 Å². The Morgan fingerprint density at radius 2 is 2.10 bits per heavy atom. The fourth-order valence-corrected chi connectivity index (χ4v) is 1.99. The van der Waals surface area contributed by atoms with Gasteiger partial charge in [-0.15, -0.1) is 0 Å². The van der Waals surface area contributed by atoms with Crippen molar-refractivity contribution in [2.45, 2.75) is 26.8 Å². The standard InChI is InChI=1S/C16H21N3O2/c1-3-9-21-15-8-6-5-7-13(15)14-10-12(11-17-4-2)16(20)19-18-14/h5-8,10,17H,3-4,9,11H2,1-2H3,(H,19,20). The van der Waals surface area contributed by atoms with E-state index in [1.165, 1.54) is 0 Å². The lowest BCUT2D eigenvalue weighted by molar-refractivity contribution is 0.318. The molecule has 2 aromatic rings. The van der Waals surface area contributed by atoms with Crippen LogP contribution in [0.25, 0.3) is 11.3 Å². The minimum absolute atomic E-state index is 0.161. The summed E-state index contributed by atoms with van der Waals surface area (Å²) in [4.78, 5) is 11.8. The highest BCUT2D eigenvalue weighted by Crippen LogP contribution is 2.28. The average Bonchev–Trinajstić information content (AvgIpc) is 2.52. The molecule has 5 heteroatoms. The number of aromatic amines is 1. The number of hydrogen-bond donors (Lipinski definition) is 2. The van der Waals surface area contributed by atoms with Crippen molar-refractivity contribution in [1.29, 1.82) is 0 Å². The monoisotopic (exact) mass is 287 g/mol. The molecule has 0 atom stereocenters. The Labute approximate surface area is 124 Å². The third-order valence-electron chi connectivity index (χ3n) is 3.07. The van der Waals surface area contributed by atoms with E-state index < -0.39 is 0 Å². The first-order valence-electron chi connectivity index (χ1n) is 7.27. The third kappa shape index (κ3) is 3.92. The smallest absolute Gasteiger partial charge is 0.268 e. The summed E-state index contributed by atoms with van der Waals surface area (Å²) in [7, 11) is 0. The van der Waals surface area contributed by atoms with E-state index in [0.717, 1.165) is 24.3 Å². The topological polar surface area (TPSA) is 67.0 Å². The highest BCUT2D eigenvalue weighted by Gasteiger charge is 2.10. The number of nitrogens with zero attached hydrogens (tertiary/aromatic N) is 1. The fraction of sp³-hybridized carbons (Fsp3) is 0.375. The summed E-state index contributed by atoms with van der Waals surface area (Å²) in [5.74, 6) is 0.785. The van der Waals surface area contributed by atoms with Gasteiger partial charge in [0.15, 0.2) is 0 Å². The van der Waals surface area contributed by atoms with Crippen molar-refractivity contribution in [3.8, 4) is 17.0 Å². The van der Waals surface area contributed by atoms with Gasteiger partial charge in [-0.3, -0.25) is 4.79 Å². The highest BCUT2D eigenvalue weighted by atomic mass is 16.5. The van der Waals surface area contributed by atoms with Crippen molar-refractivity contribution in [3.63, 3.8) is 0 Å². The minimum atomic E-state index is -0.161. The number of H-pyrrole nitrogens is 1. The van der Waals surface area contributed by atoms with Crippen LogP contribution in [0.2, 0.25) is 0 Å². The second-order valence-corrected chi connectivity index (χ2v) is 4.73. The van der Waals surface area contributed by atoms with Crippen LogP contribution in [0.4, 0.5) is 0 Å². The molecule has 112 valence electrons. The van der Waals surface area contributed by atoms with Gasteiger partial charge in [0, 0.05) is 17.7 Å². The Balaban J connectivity index is 2.35. The van der Waals surface area contributed by atoms with Crippen molar-refractivity contribution in [3.05, 3.63) is 46.2 Å². The van der Waals surface area contributed by atoms with Gasteiger partial charge in [-0.2, -0.15) is 5.10 Å². The molecule has 0 saturated heterocycles. The summed E-state index contributed by atoms with van der Waals surface area (Å²) in [5, 5.41) is 9.85. The van der Waals surface area contributed by atoms with Crippen molar-refractivity contribution < 1.29 is 4.74 Å². The van der Waals surface area contributed by atoms with Crippen molar-refractivity contribution in [2.75, 3.05) is 13.2 Å². The summed E-state index contributed by atoms with van der Waals surface area (Å²) in [6.07, 6.45) is 0.944. The quantitative estimate of drug-likeness (QED) is 0.820. The molecule has 0 bridgehead atoms. The molecule has 0 spiro atoms. The number of para-hydroxylation sites is 1. The van der Waals surface area contributed by atoms with Crippen LogP contribution in [-0.2, 0) is 6.54 Å². The SMILES string of the molecule is CCCOc1ccccc1-c1cc(CNCC)c(=O)[nH]n1. The van der Waals surface area contributed by atoms with Gasteiger partial charge in [-0.25, -0.2) is 5.10 Å². The lowest BCUT2D eigenvalue weighted by atomic mass is 10.1. The Morgan fingerprint density at radius 1 is 1.29 bits per heavy atom. The van der Waals surface area contributed by atoms with Crippen LogP contribution in [-0.4, -0.2) is 23.3 Å². The molecule has 0 saturated carbocycles. The maximum atomic E-state index is 11.8. The molecule has 1 aromatic carbocycles. The number of hydrogen-bond acceptors (Lipinski definition) is 4. The van der Waals surface area contributed by atoms with Gasteiger partial charge in [0.1, 0.15) is 5.75 Å². The van der Waals surface area contributed by atoms with E-state index in [2.05, 4.69) is 22.4 Å². The molecule has 0 unspecified atom stereocenters. The van der Waals surface area contributed by atoms with E-state index in [9.17, 15) is 4.79 Å². The molecule has 0 fully saturated rings. The predicted molar refractivity (Wildman–Crippen MR) is 83.5 cm³/mol. The van der Waals surface area contributed by atoms with Gasteiger partial charge in [0.25, 0.3) is 5.56 Å². The molecule has 2 rings (SSSR count). The minimum Gasteiger partial charge on any atom is -0.493 e. The molecule has 1 heterocycles. The first-order chi connectivity index (χ1) is 10.3. The van der Waals surface area contributed by atoms with E-state index in [1.54, 1.807) is 0 Å². The molecule has 0 amide bonds. The van der Waals surface area contributed by atoms with Crippen LogP contribution < -0.4 is 15.6 Å². The van der Waals surface area contributed by atoms with E-state index in [0.29, 0.717) is 24.4 Å². The lowest BCUT2D eigenvalue weighted by Crippen LogP contribution is -2.21. The molecule has 0 aliphatic rings. The third-order valence-corrected chi connectivity index (χ3v) is 3.07. The molecule has 2 N–H and O–H groups in total. The first kappa shape index (κ1) is 15.3. The molecule has 0 radical (unpaired) electrons. The van der Waals surface area contributed by atoms with Crippen LogP contribution in [0.15, 0.2) is 35.1 Å². The molecule has 21 heavy (non-hydrogen) atoms. The molecular formula is C16H21N3O2. The zero-order valence-corrected chi connectivity index (χ0v) is 12.5. The summed E-state index contributed by atoms with van der Waals surface area (Å²) >= 11 is 0. The fourth-order valence-electron chi connectivity index (χ4n) is 1.99. The second kappa shape index (κ2) is 7.59. The summed E-state index contributed by atoms with van der Waals surface area (Å²) < 4.78 is 5.74. The van der Waals surface area contributed by atoms with Gasteiger partial charge in [0.2, 0.25) is 0 Å².